The maximum Gasteiger partial charge on any atom is 3.00 e. The Morgan fingerprint density at radius 2 is 2.00 bits per heavy atom. The van der Waals surface area contributed by atoms with E-state index in [0.717, 1.165) is 19.3 Å². The van der Waals surface area contributed by atoms with Crippen LogP contribution in [-0.2, 0) is 4.79 Å². The van der Waals surface area contributed by atoms with E-state index >= 15 is 0 Å². The minimum Gasteiger partial charge on any atom is -0.550 e. The molecule has 0 aliphatic heterocycles. The summed E-state index contributed by atoms with van der Waals surface area (Å²) in [7, 11) is 0. The number of rotatable bonds is 5. The Labute approximate surface area is 81.4 Å². The maximum absolute atomic E-state index is 10.3. The predicted molar refractivity (Wildman–Crippen MR) is 44.1 cm³/mol. The van der Waals surface area contributed by atoms with Crippen molar-refractivity contribution in [2.45, 2.75) is 39.5 Å². The molecule has 0 N–H and O–H groups in total. The maximum atomic E-state index is 10.3. The van der Waals surface area contributed by atoms with Crippen molar-refractivity contribution in [3.05, 3.63) is 0 Å². The first-order valence-corrected chi connectivity index (χ1v) is 3.93. The van der Waals surface area contributed by atoms with Gasteiger partial charge in [0, 0.05) is 5.97 Å². The second-order valence-electron chi connectivity index (χ2n) is 2.57. The molecule has 0 aromatic carbocycles. The van der Waals surface area contributed by atoms with Crippen LogP contribution in [0, 0.1) is 5.92 Å². The zero-order valence-electron chi connectivity index (χ0n) is 7.30. The molecule has 0 spiro atoms. The van der Waals surface area contributed by atoms with Crippen LogP contribution in [0.25, 0.3) is 0 Å². The van der Waals surface area contributed by atoms with Crippen molar-refractivity contribution in [1.82, 2.24) is 0 Å². The molecule has 2 nitrogen and oxygen atoms in total. The molecule has 0 fully saturated rings. The van der Waals surface area contributed by atoms with Gasteiger partial charge >= 0.3 is 19.8 Å². The summed E-state index contributed by atoms with van der Waals surface area (Å²) in [6.45, 7) is 3.94. The van der Waals surface area contributed by atoms with E-state index in [-0.39, 0.29) is 25.7 Å². The third kappa shape index (κ3) is 6.50. The molecule has 0 bridgehead atoms. The second-order valence-corrected chi connectivity index (χ2v) is 2.57. The Balaban J connectivity index is 0. The number of aliphatic carboxylic acids is 1. The summed E-state index contributed by atoms with van der Waals surface area (Å²) >= 11 is 0. The monoisotopic (exact) mass is 212 g/mol. The van der Waals surface area contributed by atoms with Crippen molar-refractivity contribution in [2.24, 2.45) is 5.92 Å². The molecule has 0 radical (unpaired) electrons. The molecule has 0 rings (SSSR count). The molecular formula is C8H15GaO2+2. The molecule has 0 heterocycles. The first-order valence-electron chi connectivity index (χ1n) is 3.93. The van der Waals surface area contributed by atoms with Gasteiger partial charge in [0.15, 0.2) is 0 Å². The predicted octanol–water partition coefficient (Wildman–Crippen LogP) is 0.572. The van der Waals surface area contributed by atoms with E-state index in [2.05, 4.69) is 6.92 Å². The molecule has 0 amide bonds. The fourth-order valence-corrected chi connectivity index (χ4v) is 0.939. The zero-order valence-corrected chi connectivity index (χ0v) is 9.72. The SMILES string of the molecule is CCCCC(CC)C(=O)[O-].[Ga+3]. The molecular weight excluding hydrogens is 198 g/mol. The number of carbonyl (C=O) groups excluding carboxylic acids is 1. The van der Waals surface area contributed by atoms with Crippen molar-refractivity contribution >= 4 is 25.8 Å². The number of unbranched alkanes of at least 4 members (excludes halogenated alkanes) is 1. The second kappa shape index (κ2) is 8.21. The van der Waals surface area contributed by atoms with Crippen LogP contribution in [0.5, 0.6) is 0 Å². The van der Waals surface area contributed by atoms with Crippen molar-refractivity contribution in [3.63, 3.8) is 0 Å². The summed E-state index contributed by atoms with van der Waals surface area (Å²) < 4.78 is 0. The van der Waals surface area contributed by atoms with Crippen LogP contribution in [0.4, 0.5) is 0 Å². The molecule has 0 aliphatic carbocycles. The quantitative estimate of drug-likeness (QED) is 0.626. The van der Waals surface area contributed by atoms with Crippen molar-refractivity contribution < 1.29 is 9.90 Å². The fraction of sp³-hybridized carbons (Fsp3) is 0.875. The summed E-state index contributed by atoms with van der Waals surface area (Å²) in [6.07, 6.45) is 3.52. The molecule has 60 valence electrons. The summed E-state index contributed by atoms with van der Waals surface area (Å²) in [4.78, 5) is 10.3. The minimum atomic E-state index is -0.893. The minimum absolute atomic E-state index is 0. The first kappa shape index (κ1) is 13.7. The molecule has 0 aromatic heterocycles. The third-order valence-corrected chi connectivity index (χ3v) is 1.73. The van der Waals surface area contributed by atoms with Crippen LogP contribution in [0.3, 0.4) is 0 Å². The van der Waals surface area contributed by atoms with E-state index in [1.54, 1.807) is 0 Å². The van der Waals surface area contributed by atoms with Gasteiger partial charge in [-0.25, -0.2) is 0 Å². The van der Waals surface area contributed by atoms with Gasteiger partial charge in [0.2, 0.25) is 0 Å². The van der Waals surface area contributed by atoms with Crippen LogP contribution >= 0.6 is 0 Å². The molecule has 0 saturated heterocycles. The summed E-state index contributed by atoms with van der Waals surface area (Å²) in [5.41, 5.74) is 0. The molecule has 1 unspecified atom stereocenters. The van der Waals surface area contributed by atoms with Gasteiger partial charge in [-0.05, 0) is 18.8 Å². The molecule has 0 aromatic rings. The van der Waals surface area contributed by atoms with Gasteiger partial charge in [0.1, 0.15) is 0 Å². The van der Waals surface area contributed by atoms with Crippen molar-refractivity contribution in [1.29, 1.82) is 0 Å². The van der Waals surface area contributed by atoms with Gasteiger partial charge in [-0.15, -0.1) is 0 Å². The van der Waals surface area contributed by atoms with Gasteiger partial charge in [-0.3, -0.25) is 0 Å². The van der Waals surface area contributed by atoms with Crippen LogP contribution in [0.2, 0.25) is 0 Å². The average molecular weight is 213 g/mol. The Morgan fingerprint density at radius 1 is 1.45 bits per heavy atom. The number of hydrogen-bond acceptors (Lipinski definition) is 2. The van der Waals surface area contributed by atoms with Gasteiger partial charge in [-0.1, -0.05) is 26.7 Å². The summed E-state index contributed by atoms with van der Waals surface area (Å²) in [5.74, 6) is -1.11. The molecule has 0 saturated carbocycles. The average Bonchev–Trinajstić information content (AvgIpc) is 1.89. The van der Waals surface area contributed by atoms with Crippen LogP contribution in [0.15, 0.2) is 0 Å². The van der Waals surface area contributed by atoms with E-state index in [1.165, 1.54) is 0 Å². The van der Waals surface area contributed by atoms with E-state index in [0.29, 0.717) is 6.42 Å². The van der Waals surface area contributed by atoms with Crippen molar-refractivity contribution in [2.75, 3.05) is 0 Å². The topological polar surface area (TPSA) is 40.1 Å². The Hall–Kier alpha value is 0.106. The fourth-order valence-electron chi connectivity index (χ4n) is 0.939. The molecule has 3 heteroatoms. The molecule has 1 atom stereocenters. The van der Waals surface area contributed by atoms with Crippen molar-refractivity contribution in [3.8, 4) is 0 Å². The Kier molecular flexibility index (Phi) is 10.2. The van der Waals surface area contributed by atoms with Crippen LogP contribution in [-0.4, -0.2) is 25.8 Å². The zero-order chi connectivity index (χ0) is 7.98. The van der Waals surface area contributed by atoms with Gasteiger partial charge in [-0.2, -0.15) is 0 Å². The summed E-state index contributed by atoms with van der Waals surface area (Å²) in [6, 6.07) is 0. The van der Waals surface area contributed by atoms with Crippen LogP contribution < -0.4 is 5.11 Å². The molecule has 0 aliphatic rings. The summed E-state index contributed by atoms with van der Waals surface area (Å²) in [5, 5.41) is 10.3. The van der Waals surface area contributed by atoms with E-state index in [1.807, 2.05) is 6.92 Å². The normalized spacial score (nSPS) is 11.8. The third-order valence-electron chi connectivity index (χ3n) is 1.73. The van der Waals surface area contributed by atoms with Gasteiger partial charge < -0.3 is 9.90 Å². The number of carboxylic acids is 1. The van der Waals surface area contributed by atoms with Crippen LogP contribution in [0.1, 0.15) is 39.5 Å². The van der Waals surface area contributed by atoms with E-state index < -0.39 is 5.97 Å². The molecule has 11 heavy (non-hydrogen) atoms. The Bertz CT molecular complexity index is 104. The standard InChI is InChI=1S/C8H16O2.Ga/c1-3-5-6-7(4-2)8(9)10;/h7H,3-6H2,1-2H3,(H,9,10);/q;+3/p-1. The number of carboxylic acid groups (broad SMARTS) is 1. The van der Waals surface area contributed by atoms with E-state index in [4.69, 9.17) is 0 Å². The largest absolute Gasteiger partial charge is 3.00 e. The number of carbonyl (C=O) groups is 1. The smallest absolute Gasteiger partial charge is 0.550 e. The van der Waals surface area contributed by atoms with E-state index in [9.17, 15) is 9.90 Å². The van der Waals surface area contributed by atoms with Gasteiger partial charge in [0.25, 0.3) is 0 Å². The van der Waals surface area contributed by atoms with Gasteiger partial charge in [0.05, 0.1) is 0 Å². The first-order chi connectivity index (χ1) is 4.72. The number of hydrogen-bond donors (Lipinski definition) is 0. The Morgan fingerprint density at radius 3 is 2.27 bits per heavy atom.